The molecule has 1 aromatic carbocycles. The Morgan fingerprint density at radius 2 is 1.94 bits per heavy atom. The standard InChI is InChI=1S/C12H17N3O2/c1-14-12(17)11(15-10(16)7-8-13)9-5-3-2-4-6-9/h2-6,11H,7-8,13H2,1H3,(H,14,17)(H,15,16). The number of likely N-dealkylation sites (N-methyl/N-ethyl adjacent to an activating group) is 1. The summed E-state index contributed by atoms with van der Waals surface area (Å²) >= 11 is 0. The molecule has 17 heavy (non-hydrogen) atoms. The van der Waals surface area contributed by atoms with Gasteiger partial charge >= 0.3 is 0 Å². The van der Waals surface area contributed by atoms with Gasteiger partial charge in [-0.1, -0.05) is 30.3 Å². The lowest BCUT2D eigenvalue weighted by Crippen LogP contribution is -2.39. The van der Waals surface area contributed by atoms with Crippen LogP contribution >= 0.6 is 0 Å². The van der Waals surface area contributed by atoms with Crippen LogP contribution in [0, 0.1) is 0 Å². The molecular formula is C12H17N3O2. The molecule has 1 rings (SSSR count). The average Bonchev–Trinajstić information content (AvgIpc) is 2.36. The Labute approximate surface area is 100 Å². The molecule has 1 unspecified atom stereocenters. The van der Waals surface area contributed by atoms with Crippen molar-refractivity contribution in [3.05, 3.63) is 35.9 Å². The van der Waals surface area contributed by atoms with Crippen LogP contribution in [0.25, 0.3) is 0 Å². The van der Waals surface area contributed by atoms with Gasteiger partial charge in [0.05, 0.1) is 0 Å². The lowest BCUT2D eigenvalue weighted by atomic mass is 10.1. The molecule has 5 nitrogen and oxygen atoms in total. The fourth-order valence-electron chi connectivity index (χ4n) is 1.45. The molecule has 0 aliphatic carbocycles. The van der Waals surface area contributed by atoms with E-state index < -0.39 is 6.04 Å². The summed E-state index contributed by atoms with van der Waals surface area (Å²) in [6.45, 7) is 0.265. The number of nitrogens with two attached hydrogens (primary N) is 1. The lowest BCUT2D eigenvalue weighted by Gasteiger charge is -2.17. The highest BCUT2D eigenvalue weighted by Gasteiger charge is 2.20. The highest BCUT2D eigenvalue weighted by molar-refractivity contribution is 5.88. The van der Waals surface area contributed by atoms with E-state index >= 15 is 0 Å². The van der Waals surface area contributed by atoms with E-state index in [-0.39, 0.29) is 24.8 Å². The largest absolute Gasteiger partial charge is 0.357 e. The van der Waals surface area contributed by atoms with Gasteiger partial charge in [0.2, 0.25) is 11.8 Å². The van der Waals surface area contributed by atoms with Crippen molar-refractivity contribution in [1.82, 2.24) is 10.6 Å². The molecule has 0 aliphatic rings. The van der Waals surface area contributed by atoms with Gasteiger partial charge in [-0.2, -0.15) is 0 Å². The summed E-state index contributed by atoms with van der Waals surface area (Å²) in [4.78, 5) is 23.2. The summed E-state index contributed by atoms with van der Waals surface area (Å²) in [7, 11) is 1.54. The Balaban J connectivity index is 2.82. The predicted octanol–water partition coefficient (Wildman–Crippen LogP) is -0.0613. The summed E-state index contributed by atoms with van der Waals surface area (Å²) in [5.74, 6) is -0.480. The first-order valence-corrected chi connectivity index (χ1v) is 5.45. The topological polar surface area (TPSA) is 84.2 Å². The fourth-order valence-corrected chi connectivity index (χ4v) is 1.45. The van der Waals surface area contributed by atoms with E-state index in [4.69, 9.17) is 5.73 Å². The molecule has 1 aromatic rings. The lowest BCUT2D eigenvalue weighted by molar-refractivity contribution is -0.128. The van der Waals surface area contributed by atoms with Crippen molar-refractivity contribution < 1.29 is 9.59 Å². The van der Waals surface area contributed by atoms with Crippen LogP contribution in [0.15, 0.2) is 30.3 Å². The SMILES string of the molecule is CNC(=O)C(NC(=O)CCN)c1ccccc1. The molecule has 0 saturated carbocycles. The van der Waals surface area contributed by atoms with Crippen LogP contribution in [-0.2, 0) is 9.59 Å². The van der Waals surface area contributed by atoms with Crippen molar-refractivity contribution in [2.45, 2.75) is 12.5 Å². The molecule has 0 spiro atoms. The number of carbonyl (C=O) groups excluding carboxylic acids is 2. The van der Waals surface area contributed by atoms with Gasteiger partial charge in [0.15, 0.2) is 0 Å². The Morgan fingerprint density at radius 3 is 2.47 bits per heavy atom. The van der Waals surface area contributed by atoms with Crippen LogP contribution in [0.2, 0.25) is 0 Å². The zero-order valence-electron chi connectivity index (χ0n) is 9.77. The number of benzene rings is 1. The first kappa shape index (κ1) is 13.2. The third kappa shape index (κ3) is 3.88. The number of nitrogens with one attached hydrogen (secondary N) is 2. The Hall–Kier alpha value is -1.88. The number of rotatable bonds is 5. The molecule has 92 valence electrons. The maximum Gasteiger partial charge on any atom is 0.246 e. The molecule has 2 amide bonds. The molecule has 0 heterocycles. The van der Waals surface area contributed by atoms with Crippen molar-refractivity contribution in [2.75, 3.05) is 13.6 Å². The summed E-state index contributed by atoms with van der Waals surface area (Å²) in [6.07, 6.45) is 0.209. The van der Waals surface area contributed by atoms with Crippen LogP contribution < -0.4 is 16.4 Å². The number of carbonyl (C=O) groups is 2. The van der Waals surface area contributed by atoms with Gasteiger partial charge in [0.25, 0.3) is 0 Å². The van der Waals surface area contributed by atoms with E-state index in [0.29, 0.717) is 0 Å². The summed E-state index contributed by atoms with van der Waals surface area (Å²) in [5, 5.41) is 5.18. The first-order valence-electron chi connectivity index (χ1n) is 5.45. The molecule has 1 atom stereocenters. The van der Waals surface area contributed by atoms with Crippen molar-refractivity contribution >= 4 is 11.8 Å². The van der Waals surface area contributed by atoms with Gasteiger partial charge in [-0.25, -0.2) is 0 Å². The molecule has 0 fully saturated rings. The van der Waals surface area contributed by atoms with Crippen molar-refractivity contribution in [1.29, 1.82) is 0 Å². The molecule has 0 aliphatic heterocycles. The Bertz CT molecular complexity index is 379. The second-order valence-corrected chi connectivity index (χ2v) is 3.56. The maximum absolute atomic E-state index is 11.7. The molecule has 5 heteroatoms. The average molecular weight is 235 g/mol. The molecule has 0 radical (unpaired) electrons. The van der Waals surface area contributed by atoms with Gasteiger partial charge in [0, 0.05) is 20.0 Å². The third-order valence-corrected chi connectivity index (χ3v) is 2.32. The van der Waals surface area contributed by atoms with Crippen molar-refractivity contribution in [3.8, 4) is 0 Å². The number of hydrogen-bond acceptors (Lipinski definition) is 3. The predicted molar refractivity (Wildman–Crippen MR) is 65.1 cm³/mol. The van der Waals surface area contributed by atoms with Crippen molar-refractivity contribution in [3.63, 3.8) is 0 Å². The van der Waals surface area contributed by atoms with Gasteiger partial charge in [-0.05, 0) is 5.56 Å². The zero-order valence-corrected chi connectivity index (χ0v) is 9.77. The van der Waals surface area contributed by atoms with Gasteiger partial charge in [-0.3, -0.25) is 9.59 Å². The van der Waals surface area contributed by atoms with Gasteiger partial charge in [-0.15, -0.1) is 0 Å². The minimum Gasteiger partial charge on any atom is -0.357 e. The van der Waals surface area contributed by atoms with Crippen LogP contribution in [0.4, 0.5) is 0 Å². The fraction of sp³-hybridized carbons (Fsp3) is 0.333. The number of amides is 2. The normalized spacial score (nSPS) is 11.6. The summed E-state index contributed by atoms with van der Waals surface area (Å²) < 4.78 is 0. The maximum atomic E-state index is 11.7. The van der Waals surface area contributed by atoms with E-state index in [0.717, 1.165) is 5.56 Å². The minimum absolute atomic E-state index is 0.209. The Morgan fingerprint density at radius 1 is 1.29 bits per heavy atom. The molecular weight excluding hydrogens is 218 g/mol. The molecule has 0 bridgehead atoms. The van der Waals surface area contributed by atoms with Gasteiger partial charge < -0.3 is 16.4 Å². The van der Waals surface area contributed by atoms with E-state index in [1.165, 1.54) is 7.05 Å². The van der Waals surface area contributed by atoms with E-state index in [1.807, 2.05) is 18.2 Å². The quantitative estimate of drug-likeness (QED) is 0.668. The smallest absolute Gasteiger partial charge is 0.246 e. The number of hydrogen-bond donors (Lipinski definition) is 3. The highest BCUT2D eigenvalue weighted by atomic mass is 16.2. The summed E-state index contributed by atoms with van der Waals surface area (Å²) in [6, 6.07) is 8.42. The summed E-state index contributed by atoms with van der Waals surface area (Å²) in [5.41, 5.74) is 6.04. The second-order valence-electron chi connectivity index (χ2n) is 3.56. The first-order chi connectivity index (χ1) is 8.19. The molecule has 0 saturated heterocycles. The van der Waals surface area contributed by atoms with Crippen molar-refractivity contribution in [2.24, 2.45) is 5.73 Å². The zero-order chi connectivity index (χ0) is 12.7. The Kier molecular flexibility index (Phi) is 5.16. The molecule has 0 aromatic heterocycles. The van der Waals surface area contributed by atoms with Crippen LogP contribution in [0.1, 0.15) is 18.0 Å². The van der Waals surface area contributed by atoms with Crippen LogP contribution in [-0.4, -0.2) is 25.4 Å². The van der Waals surface area contributed by atoms with E-state index in [2.05, 4.69) is 10.6 Å². The third-order valence-electron chi connectivity index (χ3n) is 2.32. The highest BCUT2D eigenvalue weighted by Crippen LogP contribution is 2.12. The second kappa shape index (κ2) is 6.65. The van der Waals surface area contributed by atoms with Crippen LogP contribution in [0.5, 0.6) is 0 Å². The van der Waals surface area contributed by atoms with Crippen LogP contribution in [0.3, 0.4) is 0 Å². The van der Waals surface area contributed by atoms with Gasteiger partial charge in [0.1, 0.15) is 6.04 Å². The van der Waals surface area contributed by atoms with E-state index in [1.54, 1.807) is 12.1 Å². The molecule has 4 N–H and O–H groups in total. The minimum atomic E-state index is -0.666. The monoisotopic (exact) mass is 235 g/mol. The van der Waals surface area contributed by atoms with E-state index in [9.17, 15) is 9.59 Å².